The molecule has 0 saturated carbocycles. The fraction of sp³-hybridized carbons (Fsp3) is 0.875. The second-order valence-electron chi connectivity index (χ2n) is 2.60. The molecular weight excluding hydrogens is 188 g/mol. The zero-order chi connectivity index (χ0) is 10.6. The van der Waals surface area contributed by atoms with E-state index in [0.717, 1.165) is 0 Å². The number of carbonyl (C=O) groups excluding carboxylic acids is 1. The quantitative estimate of drug-likeness (QED) is 0.318. The lowest BCUT2D eigenvalue weighted by atomic mass is 10.5. The van der Waals surface area contributed by atoms with E-state index in [1.807, 2.05) is 0 Å². The van der Waals surface area contributed by atoms with Gasteiger partial charge in [-0.2, -0.15) is 0 Å². The van der Waals surface area contributed by atoms with Crippen LogP contribution in [0.25, 0.3) is 0 Å². The van der Waals surface area contributed by atoms with Crippen molar-refractivity contribution in [1.29, 1.82) is 0 Å². The Balaban J connectivity index is 3.10. The summed E-state index contributed by atoms with van der Waals surface area (Å²) in [5, 5.41) is 22.3. The maximum absolute atomic E-state index is 11.0. The largest absolute Gasteiger partial charge is 0.395 e. The Morgan fingerprint density at radius 3 is 2.57 bits per heavy atom. The molecule has 1 amide bonds. The van der Waals surface area contributed by atoms with Crippen LogP contribution in [0.15, 0.2) is 0 Å². The fourth-order valence-corrected chi connectivity index (χ4v) is 0.775. The van der Waals surface area contributed by atoms with Gasteiger partial charge in [-0.25, -0.2) is 0 Å². The molecule has 4 N–H and O–H groups in total. The number of aliphatic hydroxyl groups excluding tert-OH is 2. The van der Waals surface area contributed by atoms with E-state index in [2.05, 4.69) is 10.6 Å². The first-order chi connectivity index (χ1) is 6.81. The highest BCUT2D eigenvalue weighted by Crippen LogP contribution is 1.73. The maximum Gasteiger partial charge on any atom is 0.246 e. The lowest BCUT2D eigenvalue weighted by Gasteiger charge is -2.05. The van der Waals surface area contributed by atoms with Crippen LogP contribution < -0.4 is 10.6 Å². The van der Waals surface area contributed by atoms with Crippen molar-refractivity contribution < 1.29 is 19.7 Å². The molecule has 6 nitrogen and oxygen atoms in total. The minimum Gasteiger partial charge on any atom is -0.395 e. The topological polar surface area (TPSA) is 90.8 Å². The first-order valence-corrected chi connectivity index (χ1v) is 4.58. The van der Waals surface area contributed by atoms with Gasteiger partial charge in [-0.05, 0) is 0 Å². The molecule has 0 aliphatic heterocycles. The summed E-state index contributed by atoms with van der Waals surface area (Å²) in [5.74, 6) is -0.204. The monoisotopic (exact) mass is 206 g/mol. The number of nitrogens with one attached hydrogen (secondary N) is 2. The van der Waals surface area contributed by atoms with Crippen molar-refractivity contribution in [2.45, 2.75) is 0 Å². The Kier molecular flexibility index (Phi) is 9.88. The molecule has 0 aromatic rings. The summed E-state index contributed by atoms with van der Waals surface area (Å²) in [7, 11) is 0. The Labute approximate surface area is 83.3 Å². The summed E-state index contributed by atoms with van der Waals surface area (Å²) in [6, 6.07) is 0. The molecule has 0 saturated heterocycles. The maximum atomic E-state index is 11.0. The number of hydrogen-bond acceptors (Lipinski definition) is 5. The predicted molar refractivity (Wildman–Crippen MR) is 50.9 cm³/mol. The Hall–Kier alpha value is -0.690. The summed E-state index contributed by atoms with van der Waals surface area (Å²) in [6.45, 7) is 1.81. The van der Waals surface area contributed by atoms with Gasteiger partial charge >= 0.3 is 0 Å². The van der Waals surface area contributed by atoms with E-state index in [-0.39, 0.29) is 32.3 Å². The number of rotatable bonds is 9. The first-order valence-electron chi connectivity index (χ1n) is 4.58. The molecule has 0 aromatic heterocycles. The fourth-order valence-electron chi connectivity index (χ4n) is 0.775. The van der Waals surface area contributed by atoms with Gasteiger partial charge in [0.15, 0.2) is 0 Å². The van der Waals surface area contributed by atoms with Crippen LogP contribution in [0.3, 0.4) is 0 Å². The lowest BCUT2D eigenvalue weighted by molar-refractivity contribution is -0.125. The molecule has 14 heavy (non-hydrogen) atoms. The molecule has 84 valence electrons. The molecule has 6 heteroatoms. The van der Waals surface area contributed by atoms with Crippen LogP contribution in [-0.2, 0) is 9.53 Å². The van der Waals surface area contributed by atoms with E-state index in [1.165, 1.54) is 0 Å². The van der Waals surface area contributed by atoms with Gasteiger partial charge in [-0.3, -0.25) is 4.79 Å². The van der Waals surface area contributed by atoms with Gasteiger partial charge < -0.3 is 25.6 Å². The summed E-state index contributed by atoms with van der Waals surface area (Å²) in [4.78, 5) is 11.0. The summed E-state index contributed by atoms with van der Waals surface area (Å²) in [5.41, 5.74) is 0. The predicted octanol–water partition coefficient (Wildman–Crippen LogP) is -2.31. The van der Waals surface area contributed by atoms with Gasteiger partial charge in [-0.15, -0.1) is 0 Å². The van der Waals surface area contributed by atoms with Crippen molar-refractivity contribution >= 4 is 5.91 Å². The van der Waals surface area contributed by atoms with E-state index in [4.69, 9.17) is 14.9 Å². The highest BCUT2D eigenvalue weighted by Gasteiger charge is 1.98. The molecule has 0 heterocycles. The van der Waals surface area contributed by atoms with Crippen LogP contribution in [-0.4, -0.2) is 62.2 Å². The van der Waals surface area contributed by atoms with E-state index in [9.17, 15) is 4.79 Å². The number of amides is 1. The van der Waals surface area contributed by atoms with Crippen molar-refractivity contribution in [2.24, 2.45) is 0 Å². The van der Waals surface area contributed by atoms with Gasteiger partial charge in [-0.1, -0.05) is 0 Å². The SMILES string of the molecule is O=C(COCCO)NCCNCCO. The van der Waals surface area contributed by atoms with Gasteiger partial charge in [0.05, 0.1) is 19.8 Å². The van der Waals surface area contributed by atoms with Gasteiger partial charge in [0.25, 0.3) is 0 Å². The van der Waals surface area contributed by atoms with Crippen LogP contribution in [0.2, 0.25) is 0 Å². The number of ether oxygens (including phenoxy) is 1. The molecule has 0 atom stereocenters. The summed E-state index contributed by atoms with van der Waals surface area (Å²) < 4.78 is 4.80. The average Bonchev–Trinajstić information content (AvgIpc) is 2.18. The number of hydrogen-bond donors (Lipinski definition) is 4. The number of aliphatic hydroxyl groups is 2. The van der Waals surface area contributed by atoms with Crippen molar-refractivity contribution in [3.63, 3.8) is 0 Å². The lowest BCUT2D eigenvalue weighted by Crippen LogP contribution is -2.35. The minimum absolute atomic E-state index is 0.0272. The Morgan fingerprint density at radius 2 is 1.93 bits per heavy atom. The van der Waals surface area contributed by atoms with Crippen molar-refractivity contribution in [3.05, 3.63) is 0 Å². The summed E-state index contributed by atoms with van der Waals surface area (Å²) >= 11 is 0. The minimum atomic E-state index is -0.204. The second kappa shape index (κ2) is 10.4. The standard InChI is InChI=1S/C8H18N2O4/c11-4-3-9-1-2-10-8(13)7-14-6-5-12/h9,11-12H,1-7H2,(H,10,13). The third kappa shape index (κ3) is 9.40. The van der Waals surface area contributed by atoms with Crippen LogP contribution in [0, 0.1) is 0 Å². The number of carbonyl (C=O) groups is 1. The molecular formula is C8H18N2O4. The van der Waals surface area contributed by atoms with E-state index in [1.54, 1.807) is 0 Å². The van der Waals surface area contributed by atoms with Crippen LogP contribution in [0.5, 0.6) is 0 Å². The van der Waals surface area contributed by atoms with Crippen LogP contribution >= 0.6 is 0 Å². The van der Waals surface area contributed by atoms with E-state index >= 15 is 0 Å². The zero-order valence-electron chi connectivity index (χ0n) is 8.16. The highest BCUT2D eigenvalue weighted by molar-refractivity contribution is 5.77. The third-order valence-corrected chi connectivity index (χ3v) is 1.38. The smallest absolute Gasteiger partial charge is 0.246 e. The average molecular weight is 206 g/mol. The molecule has 0 aliphatic rings. The molecule has 0 aromatic carbocycles. The normalized spacial score (nSPS) is 10.1. The molecule has 0 bridgehead atoms. The third-order valence-electron chi connectivity index (χ3n) is 1.38. The molecule has 0 radical (unpaired) electrons. The zero-order valence-corrected chi connectivity index (χ0v) is 8.16. The second-order valence-corrected chi connectivity index (χ2v) is 2.60. The van der Waals surface area contributed by atoms with Crippen molar-refractivity contribution in [3.8, 4) is 0 Å². The molecule has 0 unspecified atom stereocenters. The molecule has 0 aliphatic carbocycles. The summed E-state index contributed by atoms with van der Waals surface area (Å²) in [6.07, 6.45) is 0. The molecule has 0 spiro atoms. The van der Waals surface area contributed by atoms with Gasteiger partial charge in [0.2, 0.25) is 5.91 Å². The van der Waals surface area contributed by atoms with Crippen LogP contribution in [0.1, 0.15) is 0 Å². The Morgan fingerprint density at radius 1 is 1.14 bits per heavy atom. The van der Waals surface area contributed by atoms with Crippen LogP contribution in [0.4, 0.5) is 0 Å². The first kappa shape index (κ1) is 13.3. The molecule has 0 fully saturated rings. The van der Waals surface area contributed by atoms with Gasteiger partial charge in [0, 0.05) is 19.6 Å². The highest BCUT2D eigenvalue weighted by atomic mass is 16.5. The Bertz CT molecular complexity index is 143. The van der Waals surface area contributed by atoms with E-state index < -0.39 is 0 Å². The van der Waals surface area contributed by atoms with Gasteiger partial charge in [0.1, 0.15) is 6.61 Å². The van der Waals surface area contributed by atoms with Crippen molar-refractivity contribution in [2.75, 3.05) is 46.1 Å². The molecule has 0 rings (SSSR count). The van der Waals surface area contributed by atoms with E-state index in [0.29, 0.717) is 19.6 Å². The van der Waals surface area contributed by atoms with Crippen molar-refractivity contribution in [1.82, 2.24) is 10.6 Å².